The molecule has 0 bridgehead atoms. The van der Waals surface area contributed by atoms with E-state index in [-0.39, 0.29) is 12.3 Å². The molecule has 0 aliphatic rings. The van der Waals surface area contributed by atoms with E-state index in [1.54, 1.807) is 13.0 Å². The molecule has 0 spiro atoms. The van der Waals surface area contributed by atoms with Gasteiger partial charge in [-0.15, -0.1) is 0 Å². The highest BCUT2D eigenvalue weighted by molar-refractivity contribution is 9.10. The van der Waals surface area contributed by atoms with Gasteiger partial charge in [0.15, 0.2) is 5.75 Å². The molecule has 0 fully saturated rings. The first-order chi connectivity index (χ1) is 7.94. The maximum atomic E-state index is 11.6. The van der Waals surface area contributed by atoms with E-state index in [2.05, 4.69) is 30.4 Å². The highest BCUT2D eigenvalue weighted by atomic mass is 79.9. The number of nitrogens with one attached hydrogen (secondary N) is 1. The van der Waals surface area contributed by atoms with Crippen molar-refractivity contribution in [3.05, 3.63) is 22.9 Å². The van der Waals surface area contributed by atoms with Gasteiger partial charge in [0.05, 0.1) is 12.3 Å². The fourth-order valence-corrected chi connectivity index (χ4v) is 2.47. The van der Waals surface area contributed by atoms with Gasteiger partial charge in [0.25, 0.3) is 0 Å². The summed E-state index contributed by atoms with van der Waals surface area (Å²) in [7, 11) is -3.77. The average molecular weight is 323 g/mol. The lowest BCUT2D eigenvalue weighted by atomic mass is 10.4. The van der Waals surface area contributed by atoms with Crippen LogP contribution >= 0.6 is 15.9 Å². The number of hydrogen-bond acceptors (Lipinski definition) is 5. The second kappa shape index (κ2) is 5.97. The number of aromatic nitrogens is 1. The summed E-state index contributed by atoms with van der Waals surface area (Å²) < 4.78 is 30.3. The Balaban J connectivity index is 2.74. The highest BCUT2D eigenvalue weighted by Crippen LogP contribution is 2.19. The van der Waals surface area contributed by atoms with E-state index in [0.29, 0.717) is 4.60 Å². The topological polar surface area (TPSA) is 85.4 Å². The van der Waals surface area contributed by atoms with Crippen LogP contribution in [-0.4, -0.2) is 31.7 Å². The molecule has 1 N–H and O–H groups in total. The van der Waals surface area contributed by atoms with E-state index in [1.807, 2.05) is 0 Å². The molecule has 0 aliphatic heterocycles. The maximum absolute atomic E-state index is 11.6. The van der Waals surface area contributed by atoms with Crippen LogP contribution in [0.2, 0.25) is 0 Å². The summed E-state index contributed by atoms with van der Waals surface area (Å²) in [5.74, 6) is -1.51. The van der Waals surface area contributed by atoms with Crippen molar-refractivity contribution in [1.29, 1.82) is 0 Å². The molecular weight excluding hydrogens is 312 g/mol. The van der Waals surface area contributed by atoms with Crippen molar-refractivity contribution in [1.82, 2.24) is 4.98 Å². The standard InChI is InChI=1S/C9H11BrN2O4S/c1-2-16-8(13)6-17(14,15)12-7-4-3-5-11-9(7)10/h3-5,12H,2,6H2,1H3. The van der Waals surface area contributed by atoms with Crippen molar-refractivity contribution in [3.63, 3.8) is 0 Å². The lowest BCUT2D eigenvalue weighted by Crippen LogP contribution is -2.24. The van der Waals surface area contributed by atoms with Gasteiger partial charge >= 0.3 is 5.97 Å². The van der Waals surface area contributed by atoms with Crippen molar-refractivity contribution in [2.75, 3.05) is 17.1 Å². The SMILES string of the molecule is CCOC(=O)CS(=O)(=O)Nc1cccnc1Br. The predicted molar refractivity (Wildman–Crippen MR) is 66.0 cm³/mol. The van der Waals surface area contributed by atoms with Crippen LogP contribution in [0.4, 0.5) is 5.69 Å². The number of pyridine rings is 1. The van der Waals surface area contributed by atoms with Gasteiger partial charge < -0.3 is 4.74 Å². The number of hydrogen-bond donors (Lipinski definition) is 1. The first-order valence-corrected chi connectivity index (χ1v) is 7.16. The molecule has 0 saturated heterocycles. The Kier molecular flexibility index (Phi) is 4.88. The second-order valence-corrected chi connectivity index (χ2v) is 5.48. The van der Waals surface area contributed by atoms with Crippen LogP contribution in [0.1, 0.15) is 6.92 Å². The fraction of sp³-hybridized carbons (Fsp3) is 0.333. The zero-order chi connectivity index (χ0) is 12.9. The van der Waals surface area contributed by atoms with Crippen LogP contribution < -0.4 is 4.72 Å². The molecule has 94 valence electrons. The van der Waals surface area contributed by atoms with Gasteiger partial charge in [-0.1, -0.05) is 0 Å². The maximum Gasteiger partial charge on any atom is 0.323 e. The molecule has 1 rings (SSSR count). The number of rotatable bonds is 5. The number of carbonyl (C=O) groups is 1. The minimum Gasteiger partial charge on any atom is -0.465 e. The zero-order valence-electron chi connectivity index (χ0n) is 9.01. The van der Waals surface area contributed by atoms with Crippen molar-refractivity contribution < 1.29 is 17.9 Å². The molecule has 0 aromatic carbocycles. The molecule has 0 amide bonds. The molecule has 0 saturated carbocycles. The summed E-state index contributed by atoms with van der Waals surface area (Å²) in [4.78, 5) is 14.9. The summed E-state index contributed by atoms with van der Waals surface area (Å²) >= 11 is 3.09. The van der Waals surface area contributed by atoms with Crippen molar-refractivity contribution in [3.8, 4) is 0 Å². The van der Waals surface area contributed by atoms with E-state index in [0.717, 1.165) is 0 Å². The van der Waals surface area contributed by atoms with E-state index in [1.165, 1.54) is 12.3 Å². The lowest BCUT2D eigenvalue weighted by molar-refractivity contribution is -0.139. The summed E-state index contributed by atoms with van der Waals surface area (Å²) in [6.45, 7) is 1.75. The Morgan fingerprint density at radius 3 is 2.88 bits per heavy atom. The second-order valence-electron chi connectivity index (χ2n) is 3.01. The quantitative estimate of drug-likeness (QED) is 0.649. The first-order valence-electron chi connectivity index (χ1n) is 4.71. The molecule has 6 nitrogen and oxygen atoms in total. The molecular formula is C9H11BrN2O4S. The van der Waals surface area contributed by atoms with Crippen LogP contribution in [0.3, 0.4) is 0 Å². The van der Waals surface area contributed by atoms with E-state index in [4.69, 9.17) is 0 Å². The van der Waals surface area contributed by atoms with Crippen LogP contribution in [0, 0.1) is 0 Å². The van der Waals surface area contributed by atoms with Gasteiger partial charge in [-0.3, -0.25) is 9.52 Å². The molecule has 1 aromatic rings. The van der Waals surface area contributed by atoms with Gasteiger partial charge in [-0.2, -0.15) is 0 Å². The van der Waals surface area contributed by atoms with E-state index in [9.17, 15) is 13.2 Å². The zero-order valence-corrected chi connectivity index (χ0v) is 11.4. The Morgan fingerprint density at radius 2 is 2.29 bits per heavy atom. The van der Waals surface area contributed by atoms with E-state index < -0.39 is 21.7 Å². The molecule has 0 unspecified atom stereocenters. The first kappa shape index (κ1) is 13.9. The molecule has 8 heteroatoms. The third-order valence-electron chi connectivity index (χ3n) is 1.64. The van der Waals surface area contributed by atoms with Gasteiger partial charge in [-0.25, -0.2) is 13.4 Å². The third kappa shape index (κ3) is 4.70. The number of carbonyl (C=O) groups excluding carboxylic acids is 1. The van der Waals surface area contributed by atoms with Gasteiger partial charge in [-0.05, 0) is 35.0 Å². The lowest BCUT2D eigenvalue weighted by Gasteiger charge is -2.08. The number of nitrogens with zero attached hydrogens (tertiary/aromatic N) is 1. The normalized spacial score (nSPS) is 10.9. The predicted octanol–water partition coefficient (Wildman–Crippen LogP) is 1.15. The third-order valence-corrected chi connectivity index (χ3v) is 3.42. The van der Waals surface area contributed by atoms with Crippen molar-refractivity contribution in [2.45, 2.75) is 6.92 Å². The number of ether oxygens (including phenoxy) is 1. The molecule has 17 heavy (non-hydrogen) atoms. The summed E-state index contributed by atoms with van der Waals surface area (Å²) in [5.41, 5.74) is 0.275. The van der Waals surface area contributed by atoms with Crippen LogP contribution in [0.15, 0.2) is 22.9 Å². The number of esters is 1. The molecule has 0 aliphatic carbocycles. The van der Waals surface area contributed by atoms with Crippen LogP contribution in [-0.2, 0) is 19.6 Å². The van der Waals surface area contributed by atoms with Crippen LogP contribution in [0.5, 0.6) is 0 Å². The number of halogens is 1. The highest BCUT2D eigenvalue weighted by Gasteiger charge is 2.18. The Hall–Kier alpha value is -1.15. The molecule has 1 aromatic heterocycles. The number of sulfonamides is 1. The minimum absolute atomic E-state index is 0.144. The molecule has 1 heterocycles. The molecule has 0 radical (unpaired) electrons. The number of anilines is 1. The Bertz CT molecular complexity index is 503. The summed E-state index contributed by atoms with van der Waals surface area (Å²) in [6.07, 6.45) is 1.51. The van der Waals surface area contributed by atoms with Crippen LogP contribution in [0.25, 0.3) is 0 Å². The van der Waals surface area contributed by atoms with Crippen molar-refractivity contribution in [2.24, 2.45) is 0 Å². The minimum atomic E-state index is -3.77. The van der Waals surface area contributed by atoms with Gasteiger partial charge in [0.1, 0.15) is 4.60 Å². The Labute approximate surface area is 108 Å². The fourth-order valence-electron chi connectivity index (χ4n) is 1.02. The molecule has 0 atom stereocenters. The van der Waals surface area contributed by atoms with Gasteiger partial charge in [0.2, 0.25) is 10.0 Å². The average Bonchev–Trinajstić information content (AvgIpc) is 2.20. The smallest absolute Gasteiger partial charge is 0.323 e. The van der Waals surface area contributed by atoms with Gasteiger partial charge in [0, 0.05) is 6.20 Å². The van der Waals surface area contributed by atoms with Crippen molar-refractivity contribution >= 4 is 37.6 Å². The van der Waals surface area contributed by atoms with E-state index >= 15 is 0 Å². The summed E-state index contributed by atoms with van der Waals surface area (Å²) in [5, 5.41) is 0. The largest absolute Gasteiger partial charge is 0.465 e. The monoisotopic (exact) mass is 322 g/mol. The Morgan fingerprint density at radius 1 is 1.59 bits per heavy atom. The summed E-state index contributed by atoms with van der Waals surface area (Å²) in [6, 6.07) is 3.10.